The van der Waals surface area contributed by atoms with E-state index in [9.17, 15) is 13.2 Å². The van der Waals surface area contributed by atoms with E-state index in [2.05, 4.69) is 15.0 Å². The van der Waals surface area contributed by atoms with Crippen LogP contribution in [0.2, 0.25) is 0 Å². The van der Waals surface area contributed by atoms with Gasteiger partial charge in [0.25, 0.3) is 5.91 Å². The summed E-state index contributed by atoms with van der Waals surface area (Å²) in [5.41, 5.74) is 1.26. The average Bonchev–Trinajstić information content (AvgIpc) is 2.68. The molecule has 136 valence electrons. The zero-order chi connectivity index (χ0) is 18.1. The Morgan fingerprint density at radius 3 is 2.50 bits per heavy atom. The number of sulfonamides is 1. The van der Waals surface area contributed by atoms with Gasteiger partial charge in [-0.15, -0.1) is 0 Å². The molecule has 1 saturated heterocycles. The second-order valence-corrected chi connectivity index (χ2v) is 8.29. The number of anilines is 1. The van der Waals surface area contributed by atoms with Crippen molar-refractivity contribution in [3.63, 3.8) is 0 Å². The minimum Gasteiger partial charge on any atom is -0.368 e. The molecule has 4 rings (SSSR count). The fraction of sp³-hybridized carbons (Fsp3) is 0.333. The van der Waals surface area contributed by atoms with Gasteiger partial charge in [0.05, 0.1) is 11.9 Å². The molecule has 1 aromatic heterocycles. The highest BCUT2D eigenvalue weighted by atomic mass is 32.2. The van der Waals surface area contributed by atoms with Gasteiger partial charge in [-0.05, 0) is 43.0 Å². The van der Waals surface area contributed by atoms with Crippen LogP contribution in [0.25, 0.3) is 0 Å². The Labute approximate surface area is 152 Å². The highest BCUT2D eigenvalue weighted by molar-refractivity contribution is 7.89. The van der Waals surface area contributed by atoms with Gasteiger partial charge in [-0.25, -0.2) is 8.42 Å². The van der Waals surface area contributed by atoms with Crippen LogP contribution in [0, 0.1) is 5.92 Å². The van der Waals surface area contributed by atoms with Gasteiger partial charge >= 0.3 is 0 Å². The van der Waals surface area contributed by atoms with Gasteiger partial charge in [0, 0.05) is 31.0 Å². The fourth-order valence-electron chi connectivity index (χ4n) is 3.57. The monoisotopic (exact) mass is 372 g/mol. The van der Waals surface area contributed by atoms with Crippen molar-refractivity contribution in [3.8, 4) is 0 Å². The number of fused-ring (bicyclic) bond motifs is 1. The summed E-state index contributed by atoms with van der Waals surface area (Å²) in [6, 6.07) is 10.3. The maximum atomic E-state index is 12.5. The lowest BCUT2D eigenvalue weighted by atomic mass is 9.93. The molecule has 0 unspecified atom stereocenters. The van der Waals surface area contributed by atoms with E-state index in [0.29, 0.717) is 24.3 Å². The smallest absolute Gasteiger partial charge is 0.253 e. The van der Waals surface area contributed by atoms with Crippen molar-refractivity contribution in [2.75, 3.05) is 18.4 Å². The molecular formula is C18H20N4O3S. The van der Waals surface area contributed by atoms with Crippen molar-refractivity contribution in [1.82, 2.24) is 14.6 Å². The lowest BCUT2D eigenvalue weighted by molar-refractivity contribution is 0.0679. The first kappa shape index (κ1) is 17.0. The number of carbonyl (C=O) groups is 1. The number of piperidine rings is 1. The topological polar surface area (TPSA) is 91.4 Å². The minimum absolute atomic E-state index is 0.00613. The number of carbonyl (C=O) groups excluding carboxylic acids is 1. The number of likely N-dealkylation sites (tertiary alicyclic amines) is 1. The molecule has 0 aliphatic carbocycles. The van der Waals surface area contributed by atoms with Gasteiger partial charge in [-0.2, -0.15) is 4.72 Å². The molecule has 26 heavy (non-hydrogen) atoms. The molecular weight excluding hydrogens is 352 g/mol. The zero-order valence-corrected chi connectivity index (χ0v) is 14.9. The molecule has 1 fully saturated rings. The summed E-state index contributed by atoms with van der Waals surface area (Å²) in [5.74, 6) is 0.119. The van der Waals surface area contributed by atoms with Gasteiger partial charge in [0.2, 0.25) is 10.0 Å². The molecule has 0 radical (unpaired) electrons. The van der Waals surface area contributed by atoms with E-state index in [1.165, 1.54) is 0 Å². The van der Waals surface area contributed by atoms with Crippen molar-refractivity contribution in [2.24, 2.45) is 5.92 Å². The second kappa shape index (κ2) is 6.69. The standard InChI is InChI=1S/C18H20N4O3S/c23-18(14-5-9-19-10-6-14)22-11-7-13(8-12-22)17-20-15-3-1-2-4-16(15)26(24,25)21-17/h1-6,9-10,13,17,20-21H,7-8,11-12H2/t17-/m1/s1. The van der Waals surface area contributed by atoms with Gasteiger partial charge in [0.1, 0.15) is 4.90 Å². The van der Waals surface area contributed by atoms with E-state index in [0.717, 1.165) is 12.8 Å². The van der Waals surface area contributed by atoms with Crippen LogP contribution in [0.5, 0.6) is 0 Å². The molecule has 2 aliphatic heterocycles. The highest BCUT2D eigenvalue weighted by Crippen LogP contribution is 2.30. The normalized spacial score (nSPS) is 22.3. The second-order valence-electron chi connectivity index (χ2n) is 6.60. The summed E-state index contributed by atoms with van der Waals surface area (Å²) in [6.07, 6.45) is 4.34. The van der Waals surface area contributed by atoms with Crippen LogP contribution in [0.4, 0.5) is 5.69 Å². The number of nitrogens with one attached hydrogen (secondary N) is 2. The number of aromatic nitrogens is 1. The summed E-state index contributed by atoms with van der Waals surface area (Å²) >= 11 is 0. The Kier molecular flexibility index (Phi) is 4.37. The molecule has 2 N–H and O–H groups in total. The van der Waals surface area contributed by atoms with E-state index in [1.807, 2.05) is 11.0 Å². The number of pyridine rings is 1. The average molecular weight is 372 g/mol. The molecule has 0 spiro atoms. The molecule has 1 amide bonds. The highest BCUT2D eigenvalue weighted by Gasteiger charge is 2.35. The molecule has 2 aromatic rings. The zero-order valence-electron chi connectivity index (χ0n) is 14.1. The van der Waals surface area contributed by atoms with Crippen LogP contribution in [0.3, 0.4) is 0 Å². The summed E-state index contributed by atoms with van der Waals surface area (Å²) < 4.78 is 27.7. The summed E-state index contributed by atoms with van der Waals surface area (Å²) in [6.45, 7) is 1.21. The summed E-state index contributed by atoms with van der Waals surface area (Å²) in [4.78, 5) is 18.6. The Morgan fingerprint density at radius 1 is 1.08 bits per heavy atom. The molecule has 8 heteroatoms. The SMILES string of the molecule is O=C(c1ccncc1)N1CCC([C@@H]2Nc3ccccc3S(=O)(=O)N2)CC1. The molecule has 3 heterocycles. The number of para-hydroxylation sites is 1. The maximum absolute atomic E-state index is 12.5. The lowest BCUT2D eigenvalue weighted by Crippen LogP contribution is -2.52. The van der Waals surface area contributed by atoms with Crippen molar-refractivity contribution in [1.29, 1.82) is 0 Å². The first-order valence-corrected chi connectivity index (χ1v) is 10.1. The van der Waals surface area contributed by atoms with Crippen molar-refractivity contribution in [2.45, 2.75) is 23.9 Å². The number of benzene rings is 1. The minimum atomic E-state index is -3.51. The number of rotatable bonds is 2. The largest absolute Gasteiger partial charge is 0.368 e. The lowest BCUT2D eigenvalue weighted by Gasteiger charge is -2.38. The molecule has 2 aliphatic rings. The molecule has 0 saturated carbocycles. The maximum Gasteiger partial charge on any atom is 0.253 e. The summed E-state index contributed by atoms with van der Waals surface area (Å²) in [5, 5.41) is 3.30. The number of hydrogen-bond donors (Lipinski definition) is 2. The number of nitrogens with zero attached hydrogens (tertiary/aromatic N) is 2. The van der Waals surface area contributed by atoms with E-state index >= 15 is 0 Å². The fourth-order valence-corrected chi connectivity index (χ4v) is 4.96. The molecule has 0 bridgehead atoms. The Balaban J connectivity index is 1.44. The molecule has 1 atom stereocenters. The Hall–Kier alpha value is -2.45. The van der Waals surface area contributed by atoms with Crippen molar-refractivity contribution >= 4 is 21.6 Å². The predicted octanol–water partition coefficient (Wildman–Crippen LogP) is 1.66. The third-order valence-corrected chi connectivity index (χ3v) is 6.49. The first-order chi connectivity index (χ1) is 12.5. The van der Waals surface area contributed by atoms with Gasteiger partial charge in [-0.1, -0.05) is 12.1 Å². The van der Waals surface area contributed by atoms with Gasteiger partial charge < -0.3 is 10.2 Å². The van der Waals surface area contributed by atoms with Crippen LogP contribution in [0.15, 0.2) is 53.7 Å². The van der Waals surface area contributed by atoms with Crippen molar-refractivity contribution < 1.29 is 13.2 Å². The first-order valence-electron chi connectivity index (χ1n) is 8.62. The van der Waals surface area contributed by atoms with Crippen molar-refractivity contribution in [3.05, 3.63) is 54.4 Å². The third-order valence-electron chi connectivity index (χ3n) is 5.00. The van der Waals surface area contributed by atoms with Crippen LogP contribution in [-0.4, -0.2) is 43.5 Å². The number of amides is 1. The van der Waals surface area contributed by atoms with Crippen LogP contribution < -0.4 is 10.0 Å². The van der Waals surface area contributed by atoms with Crippen LogP contribution in [-0.2, 0) is 10.0 Å². The third kappa shape index (κ3) is 3.17. The quantitative estimate of drug-likeness (QED) is 0.837. The van der Waals surface area contributed by atoms with Gasteiger partial charge in [0.15, 0.2) is 0 Å². The van der Waals surface area contributed by atoms with E-state index in [1.54, 1.807) is 42.7 Å². The molecule has 7 nitrogen and oxygen atoms in total. The van der Waals surface area contributed by atoms with E-state index < -0.39 is 10.0 Å². The van der Waals surface area contributed by atoms with Gasteiger partial charge in [-0.3, -0.25) is 9.78 Å². The van der Waals surface area contributed by atoms with Crippen LogP contribution >= 0.6 is 0 Å². The Bertz CT molecular complexity index is 909. The van der Waals surface area contributed by atoms with E-state index in [4.69, 9.17) is 0 Å². The Morgan fingerprint density at radius 2 is 1.77 bits per heavy atom. The van der Waals surface area contributed by atoms with Crippen LogP contribution in [0.1, 0.15) is 23.2 Å². The predicted molar refractivity (Wildman–Crippen MR) is 97.0 cm³/mol. The van der Waals surface area contributed by atoms with E-state index in [-0.39, 0.29) is 22.9 Å². The number of hydrogen-bond acceptors (Lipinski definition) is 5. The molecule has 1 aromatic carbocycles. The summed E-state index contributed by atoms with van der Waals surface area (Å²) in [7, 11) is -3.51.